The maximum absolute atomic E-state index is 13.1. The van der Waals surface area contributed by atoms with Gasteiger partial charge < -0.3 is 10.2 Å². The highest BCUT2D eigenvalue weighted by Gasteiger charge is 2.23. The fourth-order valence-corrected chi connectivity index (χ4v) is 3.80. The number of amides is 1. The molecule has 0 aliphatic carbocycles. The van der Waals surface area contributed by atoms with Gasteiger partial charge in [0.15, 0.2) is 5.82 Å². The van der Waals surface area contributed by atoms with Gasteiger partial charge in [-0.15, -0.1) is 5.10 Å². The van der Waals surface area contributed by atoms with Crippen molar-refractivity contribution in [3.63, 3.8) is 0 Å². The lowest BCUT2D eigenvalue weighted by Crippen LogP contribution is -2.28. The summed E-state index contributed by atoms with van der Waals surface area (Å²) in [6.07, 6.45) is 2.12. The molecule has 0 saturated carbocycles. The minimum absolute atomic E-state index is 0.258. The van der Waals surface area contributed by atoms with E-state index in [9.17, 15) is 14.0 Å². The van der Waals surface area contributed by atoms with E-state index >= 15 is 0 Å². The number of anilines is 2. The molecular weight excluding hydrogens is 387 g/mol. The number of para-hydroxylation sites is 2. The second-order valence-electron chi connectivity index (χ2n) is 7.27. The van der Waals surface area contributed by atoms with Crippen LogP contribution in [-0.4, -0.2) is 38.2 Å². The maximum Gasteiger partial charge on any atom is 0.351 e. The van der Waals surface area contributed by atoms with Crippen molar-refractivity contribution >= 4 is 34.1 Å². The SMILES string of the molecule is O=C(Cn1nc2c(N3CCCC3)nc3ccccc3n2c1=O)Nc1ccc(F)cc1. The summed E-state index contributed by atoms with van der Waals surface area (Å²) in [6.45, 7) is 1.45. The maximum atomic E-state index is 13.1. The Hall–Kier alpha value is -3.75. The summed E-state index contributed by atoms with van der Waals surface area (Å²) in [6, 6.07) is 12.8. The number of carbonyl (C=O) groups excluding carboxylic acids is 1. The number of fused-ring (bicyclic) bond motifs is 3. The lowest BCUT2D eigenvalue weighted by Gasteiger charge is -2.17. The molecule has 3 heterocycles. The molecule has 2 aromatic carbocycles. The lowest BCUT2D eigenvalue weighted by molar-refractivity contribution is -0.117. The molecule has 8 nitrogen and oxygen atoms in total. The van der Waals surface area contributed by atoms with Gasteiger partial charge in [-0.2, -0.15) is 0 Å². The molecule has 1 fully saturated rings. The van der Waals surface area contributed by atoms with Crippen molar-refractivity contribution in [2.24, 2.45) is 0 Å². The number of rotatable bonds is 4. The van der Waals surface area contributed by atoms with Gasteiger partial charge in [-0.25, -0.2) is 23.3 Å². The van der Waals surface area contributed by atoms with Crippen molar-refractivity contribution in [2.75, 3.05) is 23.3 Å². The van der Waals surface area contributed by atoms with Gasteiger partial charge in [0.05, 0.1) is 11.0 Å². The molecule has 9 heteroatoms. The molecule has 2 aromatic heterocycles. The summed E-state index contributed by atoms with van der Waals surface area (Å²) in [5.41, 5.74) is 1.83. The first-order chi connectivity index (χ1) is 14.6. The summed E-state index contributed by atoms with van der Waals surface area (Å²) in [5.74, 6) is -0.161. The molecule has 152 valence electrons. The molecular formula is C21H19FN6O2. The third-order valence-electron chi connectivity index (χ3n) is 5.22. The predicted octanol–water partition coefficient (Wildman–Crippen LogP) is 2.42. The monoisotopic (exact) mass is 406 g/mol. The highest BCUT2D eigenvalue weighted by Crippen LogP contribution is 2.25. The molecule has 0 bridgehead atoms. The van der Waals surface area contributed by atoms with Crippen LogP contribution < -0.4 is 15.9 Å². The van der Waals surface area contributed by atoms with E-state index in [1.807, 2.05) is 24.3 Å². The molecule has 1 aliphatic heterocycles. The highest BCUT2D eigenvalue weighted by molar-refractivity contribution is 5.90. The van der Waals surface area contributed by atoms with Crippen LogP contribution in [0.2, 0.25) is 0 Å². The van der Waals surface area contributed by atoms with E-state index in [0.29, 0.717) is 28.2 Å². The van der Waals surface area contributed by atoms with Crippen LogP contribution in [0.3, 0.4) is 0 Å². The first kappa shape index (κ1) is 18.3. The summed E-state index contributed by atoms with van der Waals surface area (Å²) < 4.78 is 15.7. The Labute approximate surface area is 170 Å². The summed E-state index contributed by atoms with van der Waals surface area (Å²) in [7, 11) is 0. The summed E-state index contributed by atoms with van der Waals surface area (Å²) >= 11 is 0. The van der Waals surface area contributed by atoms with Gasteiger partial charge in [-0.05, 0) is 49.2 Å². The number of halogens is 1. The Morgan fingerprint density at radius 2 is 1.80 bits per heavy atom. The average molecular weight is 406 g/mol. The second kappa shape index (κ2) is 7.25. The molecule has 0 unspecified atom stereocenters. The standard InChI is InChI=1S/C21H19FN6O2/c22-14-7-9-15(10-8-14)23-18(29)13-27-21(30)28-17-6-2-1-5-16(17)24-19(20(28)25-27)26-11-3-4-12-26/h1-2,5-10H,3-4,11-13H2,(H,23,29). The number of nitrogens with zero attached hydrogens (tertiary/aromatic N) is 5. The van der Waals surface area contributed by atoms with E-state index in [1.54, 1.807) is 0 Å². The van der Waals surface area contributed by atoms with Crippen LogP contribution in [0.5, 0.6) is 0 Å². The third kappa shape index (κ3) is 3.18. The van der Waals surface area contributed by atoms with Crippen molar-refractivity contribution in [3.05, 3.63) is 64.8 Å². The fraction of sp³-hybridized carbons (Fsp3) is 0.238. The number of aromatic nitrogens is 4. The van der Waals surface area contributed by atoms with Crippen LogP contribution in [0.1, 0.15) is 12.8 Å². The fourth-order valence-electron chi connectivity index (χ4n) is 3.80. The van der Waals surface area contributed by atoms with Gasteiger partial charge >= 0.3 is 5.69 Å². The number of nitrogens with one attached hydrogen (secondary N) is 1. The molecule has 1 amide bonds. The molecule has 1 N–H and O–H groups in total. The van der Waals surface area contributed by atoms with Gasteiger partial charge in [0, 0.05) is 18.8 Å². The molecule has 1 saturated heterocycles. The number of benzene rings is 2. The Morgan fingerprint density at radius 1 is 1.07 bits per heavy atom. The van der Waals surface area contributed by atoms with Crippen LogP contribution >= 0.6 is 0 Å². The van der Waals surface area contributed by atoms with Gasteiger partial charge in [-0.3, -0.25) is 4.79 Å². The Balaban J connectivity index is 1.56. The third-order valence-corrected chi connectivity index (χ3v) is 5.22. The molecule has 4 aromatic rings. The molecule has 5 rings (SSSR count). The zero-order valence-electron chi connectivity index (χ0n) is 16.1. The minimum atomic E-state index is -0.424. The summed E-state index contributed by atoms with van der Waals surface area (Å²) in [5, 5.41) is 7.10. The molecule has 30 heavy (non-hydrogen) atoms. The quantitative estimate of drug-likeness (QED) is 0.563. The van der Waals surface area contributed by atoms with Crippen molar-refractivity contribution in [1.82, 2.24) is 19.2 Å². The van der Waals surface area contributed by atoms with Crippen LogP contribution in [0.4, 0.5) is 15.9 Å². The van der Waals surface area contributed by atoms with Gasteiger partial charge in [0.25, 0.3) is 0 Å². The number of hydrogen-bond acceptors (Lipinski definition) is 5. The van der Waals surface area contributed by atoms with Crippen molar-refractivity contribution in [2.45, 2.75) is 19.4 Å². The van der Waals surface area contributed by atoms with Crippen LogP contribution in [-0.2, 0) is 11.3 Å². The van der Waals surface area contributed by atoms with Gasteiger partial charge in [-0.1, -0.05) is 12.1 Å². The Bertz CT molecular complexity index is 1310. The Morgan fingerprint density at radius 3 is 2.57 bits per heavy atom. The smallest absolute Gasteiger partial charge is 0.351 e. The molecule has 1 aliphatic rings. The van der Waals surface area contributed by atoms with Crippen molar-refractivity contribution < 1.29 is 9.18 Å². The van der Waals surface area contributed by atoms with Crippen molar-refractivity contribution in [1.29, 1.82) is 0 Å². The van der Waals surface area contributed by atoms with Gasteiger partial charge in [0.1, 0.15) is 12.4 Å². The van der Waals surface area contributed by atoms with E-state index in [1.165, 1.54) is 28.7 Å². The normalized spacial score (nSPS) is 14.0. The van der Waals surface area contributed by atoms with E-state index < -0.39 is 17.4 Å². The van der Waals surface area contributed by atoms with Crippen LogP contribution in [0.15, 0.2) is 53.3 Å². The zero-order valence-corrected chi connectivity index (χ0v) is 16.1. The number of carbonyl (C=O) groups is 1. The number of hydrogen-bond donors (Lipinski definition) is 1. The highest BCUT2D eigenvalue weighted by atomic mass is 19.1. The van der Waals surface area contributed by atoms with E-state index in [2.05, 4.69) is 15.3 Å². The van der Waals surface area contributed by atoms with Gasteiger partial charge in [0.2, 0.25) is 11.6 Å². The molecule has 0 atom stereocenters. The average Bonchev–Trinajstić information content (AvgIpc) is 3.38. The van der Waals surface area contributed by atoms with E-state index in [0.717, 1.165) is 30.6 Å². The first-order valence-electron chi connectivity index (χ1n) is 9.79. The molecule has 0 radical (unpaired) electrons. The zero-order chi connectivity index (χ0) is 20.7. The second-order valence-corrected chi connectivity index (χ2v) is 7.27. The molecule has 0 spiro atoms. The van der Waals surface area contributed by atoms with E-state index in [4.69, 9.17) is 4.98 Å². The van der Waals surface area contributed by atoms with Crippen molar-refractivity contribution in [3.8, 4) is 0 Å². The minimum Gasteiger partial charge on any atom is -0.353 e. The van der Waals surface area contributed by atoms with E-state index in [-0.39, 0.29) is 6.54 Å². The Kier molecular flexibility index (Phi) is 4.42. The first-order valence-corrected chi connectivity index (χ1v) is 9.79. The van der Waals surface area contributed by atoms with Crippen LogP contribution in [0.25, 0.3) is 16.7 Å². The van der Waals surface area contributed by atoms with Crippen LogP contribution in [0, 0.1) is 5.82 Å². The largest absolute Gasteiger partial charge is 0.353 e. The topological polar surface area (TPSA) is 84.5 Å². The predicted molar refractivity (Wildman–Crippen MR) is 111 cm³/mol. The lowest BCUT2D eigenvalue weighted by atomic mass is 10.3. The summed E-state index contributed by atoms with van der Waals surface area (Å²) in [4.78, 5) is 32.5.